The van der Waals surface area contributed by atoms with E-state index >= 15 is 0 Å². The summed E-state index contributed by atoms with van der Waals surface area (Å²) in [6.07, 6.45) is 3.61. The molecule has 0 aliphatic carbocycles. The molecule has 1 aromatic carbocycles. The van der Waals surface area contributed by atoms with Gasteiger partial charge in [0.05, 0.1) is 11.4 Å². The number of hydrogen-bond donors (Lipinski definition) is 2. The summed E-state index contributed by atoms with van der Waals surface area (Å²) in [6.45, 7) is 7.05. The molecule has 10 nitrogen and oxygen atoms in total. The van der Waals surface area contributed by atoms with E-state index in [-0.39, 0.29) is 23.4 Å². The Morgan fingerprint density at radius 2 is 1.91 bits per heavy atom. The summed E-state index contributed by atoms with van der Waals surface area (Å²) < 4.78 is 33.2. The lowest BCUT2D eigenvalue weighted by Crippen LogP contribution is -2.50. The number of hydrogen-bond acceptors (Lipinski definition) is 8. The predicted octanol–water partition coefficient (Wildman–Crippen LogP) is 2.46. The number of nitrogens with one attached hydrogen (secondary N) is 1. The molecule has 0 saturated carbocycles. The number of halogens is 1. The number of nitrogens with zero attached hydrogens (tertiary/aromatic N) is 4. The summed E-state index contributed by atoms with van der Waals surface area (Å²) >= 11 is 3.46. The molecule has 0 spiro atoms. The lowest BCUT2D eigenvalue weighted by atomic mass is 10.2. The molecule has 1 amide bonds. The standard InChI is InChI=1S/C22H31BrN6O4S/c1-16(13-27-6-2-3-7-27)15-34(31,32)29-10-8-28(9-11-29)17-4-5-18(23)19(12-17)25-21(30)20-14-33-22(24)26-20/h4-5,12,14,16H,2-3,6-11,13,15H2,1H3,(H2,24,26)(H,25,30). The largest absolute Gasteiger partial charge is 0.431 e. The average Bonchev–Trinajstić information content (AvgIpc) is 3.46. The van der Waals surface area contributed by atoms with Crippen LogP contribution in [0.3, 0.4) is 0 Å². The van der Waals surface area contributed by atoms with Gasteiger partial charge in [-0.05, 0) is 66.0 Å². The van der Waals surface area contributed by atoms with Gasteiger partial charge in [-0.3, -0.25) is 4.79 Å². The molecule has 1 aromatic heterocycles. The maximum atomic E-state index is 13.0. The monoisotopic (exact) mass is 554 g/mol. The number of nitrogens with two attached hydrogens (primary N) is 1. The Morgan fingerprint density at radius 3 is 2.56 bits per heavy atom. The van der Waals surface area contributed by atoms with Gasteiger partial charge >= 0.3 is 0 Å². The minimum Gasteiger partial charge on any atom is -0.431 e. The van der Waals surface area contributed by atoms with Gasteiger partial charge in [0.15, 0.2) is 5.69 Å². The zero-order valence-electron chi connectivity index (χ0n) is 19.2. The van der Waals surface area contributed by atoms with Crippen molar-refractivity contribution in [2.24, 2.45) is 5.92 Å². The summed E-state index contributed by atoms with van der Waals surface area (Å²) in [6, 6.07) is 5.57. The zero-order valence-corrected chi connectivity index (χ0v) is 21.6. The summed E-state index contributed by atoms with van der Waals surface area (Å²) in [4.78, 5) is 20.7. The second kappa shape index (κ2) is 10.6. The second-order valence-corrected chi connectivity index (χ2v) is 11.8. The lowest BCUT2D eigenvalue weighted by Gasteiger charge is -2.36. The van der Waals surface area contributed by atoms with E-state index in [9.17, 15) is 13.2 Å². The first-order valence-electron chi connectivity index (χ1n) is 11.5. The number of benzene rings is 1. The molecule has 2 aliphatic rings. The Balaban J connectivity index is 1.34. The highest BCUT2D eigenvalue weighted by molar-refractivity contribution is 9.10. The van der Waals surface area contributed by atoms with Crippen LogP contribution in [0.15, 0.2) is 33.4 Å². The molecule has 1 unspecified atom stereocenters. The van der Waals surface area contributed by atoms with Crippen molar-refractivity contribution in [2.75, 3.05) is 67.5 Å². The third-order valence-electron chi connectivity index (χ3n) is 6.21. The highest BCUT2D eigenvalue weighted by Crippen LogP contribution is 2.29. The number of piperazine rings is 1. The van der Waals surface area contributed by atoms with Gasteiger partial charge in [0.2, 0.25) is 10.0 Å². The number of anilines is 3. The van der Waals surface area contributed by atoms with Crippen molar-refractivity contribution in [3.63, 3.8) is 0 Å². The van der Waals surface area contributed by atoms with Crippen molar-refractivity contribution in [2.45, 2.75) is 19.8 Å². The van der Waals surface area contributed by atoms with Gasteiger partial charge in [-0.1, -0.05) is 6.92 Å². The van der Waals surface area contributed by atoms with Crippen LogP contribution in [0.4, 0.5) is 17.4 Å². The van der Waals surface area contributed by atoms with E-state index in [1.54, 1.807) is 4.31 Å². The molecule has 1 atom stereocenters. The summed E-state index contributed by atoms with van der Waals surface area (Å²) in [5.41, 5.74) is 7.01. The van der Waals surface area contributed by atoms with Gasteiger partial charge in [-0.25, -0.2) is 8.42 Å². The Morgan fingerprint density at radius 1 is 1.21 bits per heavy atom. The molecular formula is C22H31BrN6O4S. The van der Waals surface area contributed by atoms with Crippen LogP contribution in [0, 0.1) is 5.92 Å². The Bertz CT molecular complexity index is 1110. The maximum absolute atomic E-state index is 13.0. The number of nitrogen functional groups attached to an aromatic ring is 1. The van der Waals surface area contributed by atoms with Crippen molar-refractivity contribution >= 4 is 49.2 Å². The molecule has 186 valence electrons. The van der Waals surface area contributed by atoms with Crippen molar-refractivity contribution in [3.8, 4) is 0 Å². The smallest absolute Gasteiger partial charge is 0.292 e. The molecule has 34 heavy (non-hydrogen) atoms. The Labute approximate surface area is 208 Å². The lowest BCUT2D eigenvalue weighted by molar-refractivity contribution is 0.102. The number of carbonyl (C=O) groups is 1. The highest BCUT2D eigenvalue weighted by Gasteiger charge is 2.29. The van der Waals surface area contributed by atoms with Crippen LogP contribution in [0.1, 0.15) is 30.3 Å². The third kappa shape index (κ3) is 6.09. The van der Waals surface area contributed by atoms with Gasteiger partial charge in [-0.15, -0.1) is 0 Å². The van der Waals surface area contributed by atoms with E-state index in [0.717, 1.165) is 25.3 Å². The summed E-state index contributed by atoms with van der Waals surface area (Å²) in [5.74, 6) is -0.138. The van der Waals surface area contributed by atoms with Gasteiger partial charge in [-0.2, -0.15) is 9.29 Å². The molecule has 0 bridgehead atoms. The minimum atomic E-state index is -3.30. The van der Waals surface area contributed by atoms with Gasteiger partial charge in [0.1, 0.15) is 6.26 Å². The first-order valence-corrected chi connectivity index (χ1v) is 13.9. The molecule has 3 N–H and O–H groups in total. The number of oxazole rings is 1. The van der Waals surface area contributed by atoms with Crippen LogP contribution in [0.25, 0.3) is 0 Å². The number of carbonyl (C=O) groups excluding carboxylic acids is 1. The van der Waals surface area contributed by atoms with Crippen LogP contribution in [-0.2, 0) is 10.0 Å². The van der Waals surface area contributed by atoms with Crippen molar-refractivity contribution < 1.29 is 17.6 Å². The van der Waals surface area contributed by atoms with Crippen LogP contribution in [0.5, 0.6) is 0 Å². The Hall–Kier alpha value is -2.15. The molecule has 2 fully saturated rings. The van der Waals surface area contributed by atoms with Gasteiger partial charge in [0, 0.05) is 42.9 Å². The summed E-state index contributed by atoms with van der Waals surface area (Å²) in [5, 5.41) is 2.80. The van der Waals surface area contributed by atoms with Crippen LogP contribution in [0.2, 0.25) is 0 Å². The molecule has 3 heterocycles. The minimum absolute atomic E-state index is 0.0729. The number of sulfonamides is 1. The third-order valence-corrected chi connectivity index (χ3v) is 9.05. The molecular weight excluding hydrogens is 524 g/mol. The molecule has 2 aromatic rings. The van der Waals surface area contributed by atoms with Gasteiger partial charge < -0.3 is 25.3 Å². The number of rotatable bonds is 8. The Kier molecular flexibility index (Phi) is 7.80. The topological polar surface area (TPSA) is 125 Å². The van der Waals surface area contributed by atoms with Crippen LogP contribution in [-0.4, -0.2) is 80.1 Å². The van der Waals surface area contributed by atoms with Crippen molar-refractivity contribution in [1.82, 2.24) is 14.2 Å². The molecule has 2 aliphatic heterocycles. The zero-order chi connectivity index (χ0) is 24.3. The number of aromatic nitrogens is 1. The van der Waals surface area contributed by atoms with Crippen molar-refractivity contribution in [3.05, 3.63) is 34.6 Å². The van der Waals surface area contributed by atoms with Crippen LogP contribution >= 0.6 is 15.9 Å². The normalized spacial score (nSPS) is 18.8. The van der Waals surface area contributed by atoms with E-state index in [1.807, 2.05) is 25.1 Å². The molecule has 2 saturated heterocycles. The SMILES string of the molecule is CC(CN1CCCC1)CS(=O)(=O)N1CCN(c2ccc(Br)c(NC(=O)c3coc(N)n3)c2)CC1. The first-order chi connectivity index (χ1) is 16.2. The summed E-state index contributed by atoms with van der Waals surface area (Å²) in [7, 11) is -3.30. The average molecular weight is 555 g/mol. The maximum Gasteiger partial charge on any atom is 0.292 e. The molecule has 12 heteroatoms. The van der Waals surface area contributed by atoms with Crippen molar-refractivity contribution in [1.29, 1.82) is 0 Å². The van der Waals surface area contributed by atoms with Crippen LogP contribution < -0.4 is 16.0 Å². The van der Waals surface area contributed by atoms with E-state index in [0.29, 0.717) is 36.3 Å². The highest BCUT2D eigenvalue weighted by atomic mass is 79.9. The number of amides is 1. The van der Waals surface area contributed by atoms with E-state index in [4.69, 9.17) is 10.2 Å². The predicted molar refractivity (Wildman–Crippen MR) is 135 cm³/mol. The molecule has 4 rings (SSSR count). The van der Waals surface area contributed by atoms with E-state index in [1.165, 1.54) is 19.1 Å². The quantitative estimate of drug-likeness (QED) is 0.509. The first kappa shape index (κ1) is 25.0. The fourth-order valence-corrected chi connectivity index (χ4v) is 6.63. The van der Waals surface area contributed by atoms with Gasteiger partial charge in [0.25, 0.3) is 11.9 Å². The fraction of sp³-hybridized carbons (Fsp3) is 0.545. The van der Waals surface area contributed by atoms with E-state index in [2.05, 4.69) is 36.0 Å². The number of likely N-dealkylation sites (tertiary alicyclic amines) is 1. The fourth-order valence-electron chi connectivity index (χ4n) is 4.53. The van der Waals surface area contributed by atoms with E-state index < -0.39 is 15.9 Å². The molecule has 0 radical (unpaired) electrons. The second-order valence-electron chi connectivity index (χ2n) is 8.97.